The fourth-order valence-electron chi connectivity index (χ4n) is 3.25. The number of amides is 1. The highest BCUT2D eigenvalue weighted by Gasteiger charge is 2.34. The van der Waals surface area contributed by atoms with Crippen LogP contribution in [0.25, 0.3) is 11.5 Å². The molecule has 0 saturated carbocycles. The van der Waals surface area contributed by atoms with E-state index < -0.39 is 11.6 Å². The molecule has 1 amide bonds. The smallest absolute Gasteiger partial charge is 0.257 e. The number of likely N-dealkylation sites (tertiary alicyclic amines) is 1. The summed E-state index contributed by atoms with van der Waals surface area (Å²) in [6.45, 7) is 2.43. The fourth-order valence-corrected chi connectivity index (χ4v) is 3.25. The molecule has 1 saturated heterocycles. The maximum Gasteiger partial charge on any atom is 0.257 e. The van der Waals surface area contributed by atoms with Crippen LogP contribution in [0.3, 0.4) is 0 Å². The Balaban J connectivity index is 1.49. The second-order valence-electron chi connectivity index (χ2n) is 6.74. The molecule has 3 aromatic rings. The van der Waals surface area contributed by atoms with Crippen LogP contribution in [0.5, 0.6) is 0 Å². The summed E-state index contributed by atoms with van der Waals surface area (Å²) in [6.07, 6.45) is 0.232. The zero-order valence-corrected chi connectivity index (χ0v) is 14.7. The topological polar surface area (TPSA) is 59.2 Å². The number of hydrogen-bond acceptors (Lipinski definition) is 4. The van der Waals surface area contributed by atoms with E-state index >= 15 is 0 Å². The number of carbonyl (C=O) groups excluding carboxylic acids is 1. The molecule has 7 heteroatoms. The molecule has 5 nitrogen and oxygen atoms in total. The molecule has 0 bridgehead atoms. The van der Waals surface area contributed by atoms with Crippen molar-refractivity contribution in [2.75, 3.05) is 6.54 Å². The van der Waals surface area contributed by atoms with Gasteiger partial charge in [-0.25, -0.2) is 8.78 Å². The van der Waals surface area contributed by atoms with E-state index in [0.29, 0.717) is 18.3 Å². The van der Waals surface area contributed by atoms with Gasteiger partial charge in [-0.15, -0.1) is 0 Å². The minimum Gasteiger partial charge on any atom is -0.337 e. The molecule has 1 unspecified atom stereocenters. The fraction of sp³-hybridized carbons (Fsp3) is 0.250. The molecule has 4 rings (SSSR count). The van der Waals surface area contributed by atoms with Gasteiger partial charge in [0, 0.05) is 42.6 Å². The molecule has 0 spiro atoms. The molecule has 2 aromatic carbocycles. The number of hydrogen-bond donors (Lipinski definition) is 0. The third-order valence-electron chi connectivity index (χ3n) is 4.66. The number of nitrogens with zero attached hydrogens (tertiary/aromatic N) is 3. The average Bonchev–Trinajstić information content (AvgIpc) is 3.25. The van der Waals surface area contributed by atoms with Gasteiger partial charge in [-0.1, -0.05) is 28.9 Å². The Hall–Kier alpha value is -3.09. The van der Waals surface area contributed by atoms with E-state index in [9.17, 15) is 13.6 Å². The SMILES string of the molecule is Cc1cccc(-c2nc(C3CC(=O)N(Cc4ccc(F)cc4F)C3)no2)c1. The lowest BCUT2D eigenvalue weighted by Crippen LogP contribution is -2.25. The van der Waals surface area contributed by atoms with Crippen molar-refractivity contribution in [2.45, 2.75) is 25.8 Å². The van der Waals surface area contributed by atoms with Crippen molar-refractivity contribution in [3.63, 3.8) is 0 Å². The minimum absolute atomic E-state index is 0.0873. The highest BCUT2D eigenvalue weighted by molar-refractivity contribution is 5.79. The van der Waals surface area contributed by atoms with Crippen molar-refractivity contribution in [1.82, 2.24) is 15.0 Å². The van der Waals surface area contributed by atoms with Crippen LogP contribution in [-0.2, 0) is 11.3 Å². The molecule has 1 aliphatic heterocycles. The van der Waals surface area contributed by atoms with Crippen LogP contribution in [0, 0.1) is 18.6 Å². The second kappa shape index (κ2) is 6.90. The van der Waals surface area contributed by atoms with Crippen LogP contribution >= 0.6 is 0 Å². The summed E-state index contributed by atoms with van der Waals surface area (Å²) in [5, 5.41) is 4.02. The zero-order chi connectivity index (χ0) is 19.0. The Morgan fingerprint density at radius 2 is 2.07 bits per heavy atom. The van der Waals surface area contributed by atoms with E-state index in [1.165, 1.54) is 17.0 Å². The first-order chi connectivity index (χ1) is 13.0. The van der Waals surface area contributed by atoms with Gasteiger partial charge in [-0.2, -0.15) is 4.98 Å². The number of halogens is 2. The predicted molar refractivity (Wildman–Crippen MR) is 93.6 cm³/mol. The summed E-state index contributed by atoms with van der Waals surface area (Å²) < 4.78 is 32.2. The summed E-state index contributed by atoms with van der Waals surface area (Å²) >= 11 is 0. The summed E-state index contributed by atoms with van der Waals surface area (Å²) in [5.74, 6) is -0.773. The molecule has 138 valence electrons. The lowest BCUT2D eigenvalue weighted by atomic mass is 10.1. The quantitative estimate of drug-likeness (QED) is 0.701. The molecular formula is C20H17F2N3O2. The van der Waals surface area contributed by atoms with Crippen molar-refractivity contribution < 1.29 is 18.1 Å². The van der Waals surface area contributed by atoms with E-state index in [1.807, 2.05) is 31.2 Å². The van der Waals surface area contributed by atoms with E-state index in [4.69, 9.17) is 4.52 Å². The molecule has 2 heterocycles. The third-order valence-corrected chi connectivity index (χ3v) is 4.66. The van der Waals surface area contributed by atoms with E-state index in [-0.39, 0.29) is 30.4 Å². The van der Waals surface area contributed by atoms with Crippen LogP contribution in [0.15, 0.2) is 47.0 Å². The van der Waals surface area contributed by atoms with Crippen LogP contribution in [0.1, 0.15) is 29.3 Å². The van der Waals surface area contributed by atoms with Crippen molar-refractivity contribution in [3.05, 3.63) is 71.1 Å². The van der Waals surface area contributed by atoms with Crippen molar-refractivity contribution >= 4 is 5.91 Å². The predicted octanol–water partition coefficient (Wildman–Crippen LogP) is 3.84. The Labute approximate surface area is 154 Å². The van der Waals surface area contributed by atoms with Gasteiger partial charge in [0.05, 0.1) is 0 Å². The minimum atomic E-state index is -0.660. The Kier molecular flexibility index (Phi) is 4.43. The third kappa shape index (κ3) is 3.58. The van der Waals surface area contributed by atoms with Crippen molar-refractivity contribution in [3.8, 4) is 11.5 Å². The Bertz CT molecular complexity index is 1000. The molecule has 1 aliphatic rings. The number of rotatable bonds is 4. The largest absolute Gasteiger partial charge is 0.337 e. The Morgan fingerprint density at radius 3 is 2.85 bits per heavy atom. The van der Waals surface area contributed by atoms with E-state index in [0.717, 1.165) is 17.2 Å². The van der Waals surface area contributed by atoms with Gasteiger partial charge >= 0.3 is 0 Å². The molecule has 1 fully saturated rings. The number of aromatic nitrogens is 2. The number of benzene rings is 2. The number of aryl methyl sites for hydroxylation is 1. The van der Waals surface area contributed by atoms with Crippen LogP contribution in [-0.4, -0.2) is 27.5 Å². The monoisotopic (exact) mass is 369 g/mol. The second-order valence-corrected chi connectivity index (χ2v) is 6.74. The van der Waals surface area contributed by atoms with Gasteiger partial charge in [-0.05, 0) is 25.1 Å². The summed E-state index contributed by atoms with van der Waals surface area (Å²) in [6, 6.07) is 11.1. The lowest BCUT2D eigenvalue weighted by molar-refractivity contribution is -0.128. The average molecular weight is 369 g/mol. The molecule has 1 atom stereocenters. The van der Waals surface area contributed by atoms with E-state index in [2.05, 4.69) is 10.1 Å². The van der Waals surface area contributed by atoms with E-state index in [1.54, 1.807) is 0 Å². The van der Waals surface area contributed by atoms with Crippen molar-refractivity contribution in [2.24, 2.45) is 0 Å². The van der Waals surface area contributed by atoms with Crippen LogP contribution < -0.4 is 0 Å². The zero-order valence-electron chi connectivity index (χ0n) is 14.7. The highest BCUT2D eigenvalue weighted by atomic mass is 19.1. The molecule has 0 aliphatic carbocycles. The van der Waals surface area contributed by atoms with Gasteiger partial charge in [0.1, 0.15) is 11.6 Å². The summed E-state index contributed by atoms with van der Waals surface area (Å²) in [7, 11) is 0. The molecule has 0 N–H and O–H groups in total. The van der Waals surface area contributed by atoms with Gasteiger partial charge in [0.25, 0.3) is 5.89 Å². The first-order valence-electron chi connectivity index (χ1n) is 8.62. The Morgan fingerprint density at radius 1 is 1.22 bits per heavy atom. The van der Waals surface area contributed by atoms with Gasteiger partial charge in [0.15, 0.2) is 5.82 Å². The molecular weight excluding hydrogens is 352 g/mol. The van der Waals surface area contributed by atoms with Gasteiger partial charge in [0.2, 0.25) is 5.91 Å². The number of carbonyl (C=O) groups is 1. The van der Waals surface area contributed by atoms with Crippen molar-refractivity contribution in [1.29, 1.82) is 0 Å². The standard InChI is InChI=1S/C20H17F2N3O2/c1-12-3-2-4-13(7-12)20-23-19(24-27-20)15-8-18(26)25(11-15)10-14-5-6-16(21)9-17(14)22/h2-7,9,15H,8,10-11H2,1H3. The molecule has 1 aromatic heterocycles. The van der Waals surface area contributed by atoms with Gasteiger partial charge in [-0.3, -0.25) is 4.79 Å². The summed E-state index contributed by atoms with van der Waals surface area (Å²) in [4.78, 5) is 18.3. The lowest BCUT2D eigenvalue weighted by Gasteiger charge is -2.16. The van der Waals surface area contributed by atoms with Crippen LogP contribution in [0.2, 0.25) is 0 Å². The first-order valence-corrected chi connectivity index (χ1v) is 8.62. The first kappa shape index (κ1) is 17.3. The van der Waals surface area contributed by atoms with Gasteiger partial charge < -0.3 is 9.42 Å². The normalized spacial score (nSPS) is 16.9. The highest BCUT2D eigenvalue weighted by Crippen LogP contribution is 2.29. The van der Waals surface area contributed by atoms with Crippen LogP contribution in [0.4, 0.5) is 8.78 Å². The maximum absolute atomic E-state index is 13.9. The maximum atomic E-state index is 13.9. The molecule has 27 heavy (non-hydrogen) atoms. The molecule has 0 radical (unpaired) electrons. The summed E-state index contributed by atoms with van der Waals surface area (Å²) in [5.41, 5.74) is 2.18.